The third-order valence-electron chi connectivity index (χ3n) is 6.27. The van der Waals surface area contributed by atoms with Crippen LogP contribution in [0.25, 0.3) is 26.4 Å². The summed E-state index contributed by atoms with van der Waals surface area (Å²) >= 11 is 1.75. The second-order valence-electron chi connectivity index (χ2n) is 9.33. The zero-order valence-corrected chi connectivity index (χ0v) is 20.6. The number of fused-ring (bicyclic) bond motifs is 3. The van der Waals surface area contributed by atoms with E-state index in [0.29, 0.717) is 0 Å². The Morgan fingerprint density at radius 2 is 1.73 bits per heavy atom. The van der Waals surface area contributed by atoms with Crippen LogP contribution in [0.3, 0.4) is 0 Å². The molecule has 1 N–H and O–H groups in total. The van der Waals surface area contributed by atoms with Crippen molar-refractivity contribution in [3.63, 3.8) is 0 Å². The van der Waals surface area contributed by atoms with Crippen LogP contribution in [-0.4, -0.2) is 57.4 Å². The van der Waals surface area contributed by atoms with Crippen LogP contribution in [0.1, 0.15) is 30.7 Å². The zero-order chi connectivity index (χ0) is 23.1. The van der Waals surface area contributed by atoms with Gasteiger partial charge in [-0.1, -0.05) is 47.2 Å². The summed E-state index contributed by atoms with van der Waals surface area (Å²) in [4.78, 5) is 22.9. The molecule has 172 valence electrons. The van der Waals surface area contributed by atoms with E-state index in [0.717, 1.165) is 48.9 Å². The number of hydrogen-bond donors (Lipinski definition) is 1. The summed E-state index contributed by atoms with van der Waals surface area (Å²) in [6.07, 6.45) is 0. The molecule has 0 saturated carbocycles. The van der Waals surface area contributed by atoms with Crippen LogP contribution in [0.5, 0.6) is 0 Å². The molecule has 0 spiro atoms. The van der Waals surface area contributed by atoms with Crippen molar-refractivity contribution in [2.75, 3.05) is 26.2 Å². The Labute approximate surface area is 198 Å². The molecule has 4 aromatic rings. The van der Waals surface area contributed by atoms with Gasteiger partial charge in [0.05, 0.1) is 21.6 Å². The molecule has 0 aliphatic carbocycles. The molecule has 0 atom stereocenters. The summed E-state index contributed by atoms with van der Waals surface area (Å²) in [7, 11) is 0. The Morgan fingerprint density at radius 1 is 1.03 bits per heavy atom. The number of piperazine rings is 1. The van der Waals surface area contributed by atoms with Crippen molar-refractivity contribution >= 4 is 32.5 Å². The molecule has 6 nitrogen and oxygen atoms in total. The monoisotopic (exact) mass is 461 g/mol. The second kappa shape index (κ2) is 8.80. The van der Waals surface area contributed by atoms with E-state index in [9.17, 15) is 4.79 Å². The van der Waals surface area contributed by atoms with Gasteiger partial charge in [-0.05, 0) is 45.4 Å². The van der Waals surface area contributed by atoms with Crippen LogP contribution in [0.15, 0.2) is 42.5 Å². The number of benzene rings is 2. The second-order valence-corrected chi connectivity index (χ2v) is 10.3. The highest BCUT2D eigenvalue weighted by atomic mass is 32.1. The van der Waals surface area contributed by atoms with Crippen LogP contribution in [0, 0.1) is 13.8 Å². The highest BCUT2D eigenvalue weighted by molar-refractivity contribution is 7.23. The molecule has 0 radical (unpaired) electrons. The van der Waals surface area contributed by atoms with Crippen molar-refractivity contribution < 1.29 is 4.79 Å². The van der Waals surface area contributed by atoms with E-state index in [2.05, 4.69) is 70.9 Å². The number of carbonyl (C=O) groups is 1. The molecule has 7 heteroatoms. The minimum absolute atomic E-state index is 0.0379. The van der Waals surface area contributed by atoms with E-state index in [1.165, 1.54) is 27.0 Å². The molecular weight excluding hydrogens is 430 g/mol. The van der Waals surface area contributed by atoms with E-state index in [4.69, 9.17) is 4.98 Å². The summed E-state index contributed by atoms with van der Waals surface area (Å²) in [5.41, 5.74) is 7.17. The number of hydrogen-bond acceptors (Lipinski definition) is 4. The molecule has 1 aliphatic heterocycles. The van der Waals surface area contributed by atoms with Crippen molar-refractivity contribution in [3.05, 3.63) is 59.3 Å². The molecule has 33 heavy (non-hydrogen) atoms. The SMILES string of the molecule is Cc1ccc(-c2nc3sc4cc(C)ccc4n3c2CN2CCN(C(=O)NC(C)C)CC2)cc1. The van der Waals surface area contributed by atoms with Crippen molar-refractivity contribution in [1.29, 1.82) is 0 Å². The lowest BCUT2D eigenvalue weighted by Gasteiger charge is -2.35. The van der Waals surface area contributed by atoms with Gasteiger partial charge >= 0.3 is 6.03 Å². The van der Waals surface area contributed by atoms with Gasteiger partial charge < -0.3 is 10.2 Å². The van der Waals surface area contributed by atoms with Crippen LogP contribution in [0.2, 0.25) is 0 Å². The van der Waals surface area contributed by atoms with E-state index in [1.807, 2.05) is 18.7 Å². The fourth-order valence-electron chi connectivity index (χ4n) is 4.48. The van der Waals surface area contributed by atoms with Crippen LogP contribution < -0.4 is 5.32 Å². The largest absolute Gasteiger partial charge is 0.336 e. The maximum atomic E-state index is 12.4. The summed E-state index contributed by atoms with van der Waals surface area (Å²) < 4.78 is 3.61. The average molecular weight is 462 g/mol. The molecule has 1 aliphatic rings. The first-order valence-electron chi connectivity index (χ1n) is 11.6. The summed E-state index contributed by atoms with van der Waals surface area (Å²) in [6.45, 7) is 12.2. The third-order valence-corrected chi connectivity index (χ3v) is 7.27. The first-order valence-corrected chi connectivity index (χ1v) is 12.5. The number of imidazole rings is 1. The van der Waals surface area contributed by atoms with E-state index in [1.54, 1.807) is 11.3 Å². The van der Waals surface area contributed by atoms with Gasteiger partial charge in [0.1, 0.15) is 0 Å². The Balaban J connectivity index is 1.48. The first kappa shape index (κ1) is 21.9. The van der Waals surface area contributed by atoms with E-state index in [-0.39, 0.29) is 12.1 Å². The minimum Gasteiger partial charge on any atom is -0.336 e. The molecule has 2 amide bonds. The predicted molar refractivity (Wildman–Crippen MR) is 136 cm³/mol. The highest BCUT2D eigenvalue weighted by Gasteiger charge is 2.25. The van der Waals surface area contributed by atoms with Gasteiger partial charge in [0.15, 0.2) is 4.96 Å². The van der Waals surface area contributed by atoms with Crippen molar-refractivity contribution in [3.8, 4) is 11.3 Å². The average Bonchev–Trinajstić information content (AvgIpc) is 3.30. The fraction of sp³-hybridized carbons (Fsp3) is 0.385. The van der Waals surface area contributed by atoms with Gasteiger partial charge in [-0.3, -0.25) is 9.30 Å². The van der Waals surface area contributed by atoms with Gasteiger partial charge in [0.25, 0.3) is 0 Å². The minimum atomic E-state index is 0.0379. The molecule has 1 saturated heterocycles. The van der Waals surface area contributed by atoms with Crippen LogP contribution >= 0.6 is 11.3 Å². The Kier molecular flexibility index (Phi) is 5.85. The van der Waals surface area contributed by atoms with Gasteiger partial charge in [0, 0.05) is 44.3 Å². The lowest BCUT2D eigenvalue weighted by atomic mass is 10.1. The number of nitrogens with zero attached hydrogens (tertiary/aromatic N) is 4. The smallest absolute Gasteiger partial charge is 0.317 e. The molecule has 2 aromatic carbocycles. The van der Waals surface area contributed by atoms with Crippen LogP contribution in [-0.2, 0) is 6.54 Å². The maximum absolute atomic E-state index is 12.4. The topological polar surface area (TPSA) is 52.9 Å². The first-order chi connectivity index (χ1) is 15.9. The lowest BCUT2D eigenvalue weighted by Crippen LogP contribution is -2.52. The quantitative estimate of drug-likeness (QED) is 0.462. The Bertz CT molecular complexity index is 1300. The number of rotatable bonds is 4. The summed E-state index contributed by atoms with van der Waals surface area (Å²) in [5.74, 6) is 0. The molecule has 0 unspecified atom stereocenters. The number of thiazole rings is 1. The lowest BCUT2D eigenvalue weighted by molar-refractivity contribution is 0.133. The van der Waals surface area contributed by atoms with Gasteiger partial charge in [-0.2, -0.15) is 0 Å². The van der Waals surface area contributed by atoms with Crippen molar-refractivity contribution in [2.24, 2.45) is 0 Å². The van der Waals surface area contributed by atoms with Crippen molar-refractivity contribution in [1.82, 2.24) is 24.5 Å². The third kappa shape index (κ3) is 4.35. The van der Waals surface area contributed by atoms with Gasteiger partial charge in [0.2, 0.25) is 0 Å². The van der Waals surface area contributed by atoms with Crippen molar-refractivity contribution in [2.45, 2.75) is 40.3 Å². The number of urea groups is 1. The summed E-state index contributed by atoms with van der Waals surface area (Å²) in [6, 6.07) is 15.5. The van der Waals surface area contributed by atoms with Gasteiger partial charge in [-0.15, -0.1) is 0 Å². The zero-order valence-electron chi connectivity index (χ0n) is 19.8. The standard InChI is InChI=1S/C26H31N5OS/c1-17(2)27-25(32)30-13-11-29(12-14-30)16-22-24(20-8-5-18(3)6-9-20)28-26-31(22)21-10-7-19(4)15-23(21)33-26/h5-10,15,17H,11-14,16H2,1-4H3,(H,27,32). The number of aromatic nitrogens is 2. The summed E-state index contributed by atoms with van der Waals surface area (Å²) in [5, 5.41) is 3.01. The highest BCUT2D eigenvalue weighted by Crippen LogP contribution is 2.34. The predicted octanol–water partition coefficient (Wildman–Crippen LogP) is 5.07. The number of aryl methyl sites for hydroxylation is 2. The molecular formula is C26H31N5OS. The van der Waals surface area contributed by atoms with E-state index >= 15 is 0 Å². The molecule has 0 bridgehead atoms. The van der Waals surface area contributed by atoms with Crippen LogP contribution in [0.4, 0.5) is 4.79 Å². The number of amides is 2. The van der Waals surface area contributed by atoms with E-state index < -0.39 is 0 Å². The fourth-order valence-corrected chi connectivity index (χ4v) is 5.62. The number of carbonyl (C=O) groups excluding carboxylic acids is 1. The molecule has 2 aromatic heterocycles. The normalized spacial score (nSPS) is 15.1. The Morgan fingerprint density at radius 3 is 2.42 bits per heavy atom. The number of nitrogens with one attached hydrogen (secondary N) is 1. The molecule has 1 fully saturated rings. The molecule has 5 rings (SSSR count). The Hall–Kier alpha value is -2.90. The van der Waals surface area contributed by atoms with Gasteiger partial charge in [-0.25, -0.2) is 9.78 Å². The maximum Gasteiger partial charge on any atom is 0.317 e. The molecule has 3 heterocycles.